The summed E-state index contributed by atoms with van der Waals surface area (Å²) >= 11 is 0. The molecule has 0 saturated heterocycles. The number of esters is 4. The average Bonchev–Trinajstić information content (AvgIpc) is 2.89. The first kappa shape index (κ1) is 28.1. The Morgan fingerprint density at radius 3 is 1.89 bits per heavy atom. The van der Waals surface area contributed by atoms with E-state index in [2.05, 4.69) is 13.2 Å². The van der Waals surface area contributed by atoms with Crippen LogP contribution < -0.4 is 14.2 Å². The van der Waals surface area contributed by atoms with Crippen molar-refractivity contribution in [3.8, 4) is 17.2 Å². The SMILES string of the molecule is C=C(C)C(=O)Oc1ccc(/C=C/C(=O)Oc2ccc(OC(=O)C(=C)CC(=O)OC3CCCCC3)cc2)cc1. The molecule has 1 aliphatic rings. The maximum atomic E-state index is 12.3. The third-order valence-corrected chi connectivity index (χ3v) is 5.60. The van der Waals surface area contributed by atoms with Gasteiger partial charge < -0.3 is 18.9 Å². The molecular formula is C30H30O8. The highest BCUT2D eigenvalue weighted by Gasteiger charge is 2.20. The highest BCUT2D eigenvalue weighted by Crippen LogP contribution is 2.22. The molecule has 0 radical (unpaired) electrons. The Balaban J connectivity index is 1.43. The molecule has 198 valence electrons. The van der Waals surface area contributed by atoms with E-state index in [-0.39, 0.29) is 29.6 Å². The van der Waals surface area contributed by atoms with Crippen molar-refractivity contribution >= 4 is 30.0 Å². The van der Waals surface area contributed by atoms with Crippen molar-refractivity contribution < 1.29 is 38.1 Å². The first-order chi connectivity index (χ1) is 18.2. The molecule has 0 N–H and O–H groups in total. The number of ether oxygens (including phenoxy) is 4. The van der Waals surface area contributed by atoms with E-state index in [0.717, 1.165) is 32.1 Å². The maximum Gasteiger partial charge on any atom is 0.339 e. The molecule has 2 aromatic carbocycles. The molecule has 8 nitrogen and oxygen atoms in total. The Labute approximate surface area is 221 Å². The summed E-state index contributed by atoms with van der Waals surface area (Å²) in [5.41, 5.74) is 0.982. The van der Waals surface area contributed by atoms with Crippen LogP contribution in [0.25, 0.3) is 6.08 Å². The summed E-state index contributed by atoms with van der Waals surface area (Å²) in [4.78, 5) is 48.0. The second kappa shape index (κ2) is 13.7. The summed E-state index contributed by atoms with van der Waals surface area (Å²) in [6.45, 7) is 8.71. The van der Waals surface area contributed by atoms with Crippen LogP contribution in [0, 0.1) is 0 Å². The van der Waals surface area contributed by atoms with Gasteiger partial charge in [-0.1, -0.05) is 31.7 Å². The van der Waals surface area contributed by atoms with Crippen LogP contribution in [0.4, 0.5) is 0 Å². The summed E-state index contributed by atoms with van der Waals surface area (Å²) in [5.74, 6) is -1.54. The van der Waals surface area contributed by atoms with Gasteiger partial charge >= 0.3 is 23.9 Å². The molecule has 0 bridgehead atoms. The van der Waals surface area contributed by atoms with Gasteiger partial charge in [-0.3, -0.25) is 4.79 Å². The van der Waals surface area contributed by atoms with E-state index >= 15 is 0 Å². The predicted octanol–water partition coefficient (Wildman–Crippen LogP) is 5.51. The lowest BCUT2D eigenvalue weighted by Crippen LogP contribution is -2.22. The average molecular weight is 519 g/mol. The smallest absolute Gasteiger partial charge is 0.339 e. The van der Waals surface area contributed by atoms with Crippen LogP contribution >= 0.6 is 0 Å². The van der Waals surface area contributed by atoms with E-state index in [1.54, 1.807) is 37.3 Å². The van der Waals surface area contributed by atoms with Crippen LogP contribution in [0.2, 0.25) is 0 Å². The Morgan fingerprint density at radius 1 is 0.789 bits per heavy atom. The first-order valence-electron chi connectivity index (χ1n) is 12.3. The van der Waals surface area contributed by atoms with Crippen molar-refractivity contribution in [2.45, 2.75) is 51.6 Å². The summed E-state index contributed by atoms with van der Waals surface area (Å²) in [5, 5.41) is 0. The molecule has 0 atom stereocenters. The lowest BCUT2D eigenvalue weighted by molar-refractivity contribution is -0.150. The minimum Gasteiger partial charge on any atom is -0.462 e. The van der Waals surface area contributed by atoms with Crippen LogP contribution in [-0.2, 0) is 23.9 Å². The molecule has 1 fully saturated rings. The zero-order valence-corrected chi connectivity index (χ0v) is 21.3. The fourth-order valence-corrected chi connectivity index (χ4v) is 3.57. The van der Waals surface area contributed by atoms with Crippen molar-refractivity contribution in [1.29, 1.82) is 0 Å². The molecule has 0 amide bonds. The normalized spacial score (nSPS) is 13.4. The molecule has 1 aliphatic carbocycles. The highest BCUT2D eigenvalue weighted by atomic mass is 16.6. The number of hydrogen-bond donors (Lipinski definition) is 0. The summed E-state index contributed by atoms with van der Waals surface area (Å²) in [6, 6.07) is 12.4. The van der Waals surface area contributed by atoms with Gasteiger partial charge in [-0.25, -0.2) is 14.4 Å². The molecule has 1 saturated carbocycles. The van der Waals surface area contributed by atoms with E-state index in [1.165, 1.54) is 30.3 Å². The molecular weight excluding hydrogens is 488 g/mol. The summed E-state index contributed by atoms with van der Waals surface area (Å²) < 4.78 is 21.0. The van der Waals surface area contributed by atoms with Gasteiger partial charge in [0.1, 0.15) is 23.4 Å². The quantitative estimate of drug-likeness (QED) is 0.230. The van der Waals surface area contributed by atoms with E-state index in [4.69, 9.17) is 18.9 Å². The van der Waals surface area contributed by atoms with Crippen molar-refractivity contribution in [3.63, 3.8) is 0 Å². The molecule has 0 spiro atoms. The van der Waals surface area contributed by atoms with E-state index in [1.807, 2.05) is 0 Å². The van der Waals surface area contributed by atoms with Crippen LogP contribution in [0.5, 0.6) is 17.2 Å². The second-order valence-corrected chi connectivity index (χ2v) is 8.88. The van der Waals surface area contributed by atoms with Gasteiger partial charge in [-0.15, -0.1) is 0 Å². The van der Waals surface area contributed by atoms with Gasteiger partial charge in [0.05, 0.1) is 6.42 Å². The lowest BCUT2D eigenvalue weighted by Gasteiger charge is -2.21. The van der Waals surface area contributed by atoms with Crippen molar-refractivity contribution in [1.82, 2.24) is 0 Å². The van der Waals surface area contributed by atoms with Gasteiger partial charge in [0.15, 0.2) is 0 Å². The van der Waals surface area contributed by atoms with E-state index in [9.17, 15) is 19.2 Å². The number of carbonyl (C=O) groups excluding carboxylic acids is 4. The van der Waals surface area contributed by atoms with Gasteiger partial charge in [-0.2, -0.15) is 0 Å². The monoisotopic (exact) mass is 518 g/mol. The zero-order valence-electron chi connectivity index (χ0n) is 21.3. The number of benzene rings is 2. The van der Waals surface area contributed by atoms with E-state index in [0.29, 0.717) is 16.9 Å². The van der Waals surface area contributed by atoms with Gasteiger partial charge in [0, 0.05) is 17.2 Å². The van der Waals surface area contributed by atoms with Crippen molar-refractivity contribution in [2.75, 3.05) is 0 Å². The lowest BCUT2D eigenvalue weighted by atomic mass is 9.98. The number of rotatable bonds is 10. The van der Waals surface area contributed by atoms with E-state index < -0.39 is 23.9 Å². The minimum absolute atomic E-state index is 0.00605. The summed E-state index contributed by atoms with van der Waals surface area (Å²) in [7, 11) is 0. The fourth-order valence-electron chi connectivity index (χ4n) is 3.57. The Kier molecular flexibility index (Phi) is 10.2. The first-order valence-corrected chi connectivity index (χ1v) is 12.3. The Hall–Kier alpha value is -4.46. The molecule has 0 aliphatic heterocycles. The third-order valence-electron chi connectivity index (χ3n) is 5.60. The highest BCUT2D eigenvalue weighted by molar-refractivity contribution is 5.94. The number of carbonyl (C=O) groups is 4. The van der Waals surface area contributed by atoms with Crippen LogP contribution in [0.15, 0.2) is 78.9 Å². The molecule has 38 heavy (non-hydrogen) atoms. The molecule has 2 aromatic rings. The van der Waals surface area contributed by atoms with Crippen molar-refractivity contribution in [3.05, 3.63) is 84.5 Å². The number of hydrogen-bond acceptors (Lipinski definition) is 8. The van der Waals surface area contributed by atoms with Gasteiger partial charge in [-0.05, 0) is 80.6 Å². The zero-order chi connectivity index (χ0) is 27.5. The Morgan fingerprint density at radius 2 is 1.32 bits per heavy atom. The standard InChI is InChI=1S/C30H30O8/c1-20(2)29(33)37-25-12-9-22(10-13-25)11-18-27(31)35-24-14-16-26(17-15-24)38-30(34)21(3)19-28(32)36-23-7-5-4-6-8-23/h9-18,23H,1,3-8,19H2,2H3/b18-11+. The van der Waals surface area contributed by atoms with Crippen molar-refractivity contribution in [2.24, 2.45) is 0 Å². The van der Waals surface area contributed by atoms with Gasteiger partial charge in [0.25, 0.3) is 0 Å². The van der Waals surface area contributed by atoms with Crippen LogP contribution in [0.3, 0.4) is 0 Å². The predicted molar refractivity (Wildman–Crippen MR) is 140 cm³/mol. The maximum absolute atomic E-state index is 12.3. The Bertz CT molecular complexity index is 1220. The molecule has 8 heteroatoms. The molecule has 0 heterocycles. The second-order valence-electron chi connectivity index (χ2n) is 8.88. The topological polar surface area (TPSA) is 105 Å². The molecule has 3 rings (SSSR count). The molecule has 0 unspecified atom stereocenters. The summed E-state index contributed by atoms with van der Waals surface area (Å²) in [6.07, 6.45) is 7.37. The van der Waals surface area contributed by atoms with Crippen LogP contribution in [0.1, 0.15) is 51.0 Å². The minimum atomic E-state index is -0.737. The largest absolute Gasteiger partial charge is 0.462 e. The van der Waals surface area contributed by atoms with Crippen LogP contribution in [-0.4, -0.2) is 30.0 Å². The third kappa shape index (κ3) is 9.20. The van der Waals surface area contributed by atoms with Gasteiger partial charge in [0.2, 0.25) is 0 Å². The fraction of sp³-hybridized carbons (Fsp3) is 0.267. The molecule has 0 aromatic heterocycles.